The predicted octanol–water partition coefficient (Wildman–Crippen LogP) is 11.5. The van der Waals surface area contributed by atoms with E-state index in [1.54, 1.807) is 0 Å². The van der Waals surface area contributed by atoms with Crippen LogP contribution in [0.5, 0.6) is 0 Å². The Kier molecular flexibility index (Phi) is 6.42. The van der Waals surface area contributed by atoms with E-state index in [1.165, 1.54) is 10.8 Å². The van der Waals surface area contributed by atoms with Gasteiger partial charge in [-0.2, -0.15) is 0 Å². The van der Waals surface area contributed by atoms with Crippen molar-refractivity contribution in [2.24, 2.45) is 0 Å². The minimum absolute atomic E-state index is 0.557. The number of furan rings is 1. The summed E-state index contributed by atoms with van der Waals surface area (Å²) in [4.78, 5) is 15.1. The highest BCUT2D eigenvalue weighted by molar-refractivity contribution is 6.28. The van der Waals surface area contributed by atoms with E-state index in [2.05, 4.69) is 114 Å². The molecule has 0 saturated carbocycles. The highest BCUT2D eigenvalue weighted by atomic mass is 16.3. The molecule has 0 aliphatic rings. The summed E-state index contributed by atoms with van der Waals surface area (Å²) in [5, 5.41) is 4.44. The molecule has 0 saturated heterocycles. The van der Waals surface area contributed by atoms with Gasteiger partial charge in [0, 0.05) is 33.0 Å². The van der Waals surface area contributed by atoms with Gasteiger partial charge >= 0.3 is 0 Å². The number of para-hydroxylation sites is 2. The molecular formula is C45H28N4O. The second kappa shape index (κ2) is 11.4. The van der Waals surface area contributed by atoms with Crippen LogP contribution >= 0.6 is 0 Å². The molecule has 10 aromatic rings. The predicted molar refractivity (Wildman–Crippen MR) is 203 cm³/mol. The molecule has 0 bridgehead atoms. The molecule has 0 aliphatic carbocycles. The molecule has 0 atom stereocenters. The topological polar surface area (TPSA) is 56.7 Å². The molecule has 0 fully saturated rings. The van der Waals surface area contributed by atoms with Crippen molar-refractivity contribution in [2.45, 2.75) is 0 Å². The zero-order valence-corrected chi connectivity index (χ0v) is 26.9. The van der Waals surface area contributed by atoms with Crippen LogP contribution in [-0.2, 0) is 0 Å². The van der Waals surface area contributed by atoms with Crippen molar-refractivity contribution in [1.29, 1.82) is 0 Å². The van der Waals surface area contributed by atoms with Crippen LogP contribution in [-0.4, -0.2) is 19.5 Å². The summed E-state index contributed by atoms with van der Waals surface area (Å²) in [7, 11) is 0. The van der Waals surface area contributed by atoms with Gasteiger partial charge in [-0.1, -0.05) is 133 Å². The van der Waals surface area contributed by atoms with Crippen molar-refractivity contribution in [3.05, 3.63) is 170 Å². The first-order valence-corrected chi connectivity index (χ1v) is 16.7. The van der Waals surface area contributed by atoms with Crippen molar-refractivity contribution >= 4 is 43.7 Å². The Morgan fingerprint density at radius 2 is 0.940 bits per heavy atom. The smallest absolute Gasteiger partial charge is 0.167 e. The van der Waals surface area contributed by atoms with Gasteiger partial charge in [0.15, 0.2) is 17.5 Å². The maximum absolute atomic E-state index is 6.97. The third-order valence-electron chi connectivity index (χ3n) is 9.46. The van der Waals surface area contributed by atoms with Gasteiger partial charge in [0.25, 0.3) is 0 Å². The third kappa shape index (κ3) is 4.45. The van der Waals surface area contributed by atoms with Gasteiger partial charge in [-0.15, -0.1) is 0 Å². The third-order valence-corrected chi connectivity index (χ3v) is 9.46. The summed E-state index contributed by atoms with van der Waals surface area (Å²) in [6.45, 7) is 0. The average molecular weight is 641 g/mol. The van der Waals surface area contributed by atoms with Gasteiger partial charge in [-0.05, 0) is 47.5 Å². The van der Waals surface area contributed by atoms with Crippen LogP contribution in [0.2, 0.25) is 0 Å². The van der Waals surface area contributed by atoms with Crippen molar-refractivity contribution in [1.82, 2.24) is 19.5 Å². The Morgan fingerprint density at radius 3 is 1.60 bits per heavy atom. The van der Waals surface area contributed by atoms with E-state index in [0.29, 0.717) is 17.5 Å². The minimum Gasteiger partial charge on any atom is -0.455 e. The van der Waals surface area contributed by atoms with E-state index in [1.807, 2.05) is 60.7 Å². The van der Waals surface area contributed by atoms with Gasteiger partial charge in [-0.3, -0.25) is 0 Å². The van der Waals surface area contributed by atoms with Crippen molar-refractivity contribution in [3.8, 4) is 51.0 Å². The number of aromatic nitrogens is 4. The van der Waals surface area contributed by atoms with E-state index in [9.17, 15) is 0 Å². The first kappa shape index (κ1) is 28.2. The quantitative estimate of drug-likeness (QED) is 0.188. The lowest BCUT2D eigenvalue weighted by Crippen LogP contribution is -2.00. The Hall–Kier alpha value is -6.85. The Balaban J connectivity index is 1.35. The van der Waals surface area contributed by atoms with Gasteiger partial charge in [0.1, 0.15) is 11.2 Å². The molecule has 50 heavy (non-hydrogen) atoms. The summed E-state index contributed by atoms with van der Waals surface area (Å²) in [6.07, 6.45) is 0. The number of hydrogen-bond acceptors (Lipinski definition) is 4. The van der Waals surface area contributed by atoms with E-state index in [-0.39, 0.29) is 0 Å². The van der Waals surface area contributed by atoms with Crippen molar-refractivity contribution in [2.75, 3.05) is 0 Å². The molecular weight excluding hydrogens is 613 g/mol. The van der Waals surface area contributed by atoms with Crippen LogP contribution in [0.4, 0.5) is 0 Å². The fourth-order valence-electron chi connectivity index (χ4n) is 7.22. The van der Waals surface area contributed by atoms with Gasteiger partial charge in [-0.25, -0.2) is 15.0 Å². The van der Waals surface area contributed by atoms with Crippen molar-refractivity contribution < 1.29 is 4.42 Å². The molecule has 0 unspecified atom stereocenters. The Morgan fingerprint density at radius 1 is 0.400 bits per heavy atom. The number of fused-ring (bicyclic) bond motifs is 7. The lowest BCUT2D eigenvalue weighted by atomic mass is 9.96. The zero-order chi connectivity index (χ0) is 33.0. The van der Waals surface area contributed by atoms with Crippen molar-refractivity contribution in [3.63, 3.8) is 0 Å². The average Bonchev–Trinajstić information content (AvgIpc) is 3.75. The van der Waals surface area contributed by atoms with E-state index in [0.717, 1.165) is 66.5 Å². The maximum Gasteiger partial charge on any atom is 0.167 e. The molecule has 3 aromatic heterocycles. The van der Waals surface area contributed by atoms with Crippen LogP contribution in [0, 0.1) is 0 Å². The maximum atomic E-state index is 6.97. The summed E-state index contributed by atoms with van der Waals surface area (Å²) in [5.41, 5.74) is 9.73. The van der Waals surface area contributed by atoms with Crippen LogP contribution in [0.25, 0.3) is 94.7 Å². The molecule has 0 N–H and O–H groups in total. The largest absolute Gasteiger partial charge is 0.455 e. The second-order valence-corrected chi connectivity index (χ2v) is 12.4. The Bertz CT molecular complexity index is 2780. The number of hydrogen-bond donors (Lipinski definition) is 0. The summed E-state index contributed by atoms with van der Waals surface area (Å²) >= 11 is 0. The fourth-order valence-corrected chi connectivity index (χ4v) is 7.22. The molecule has 0 amide bonds. The molecule has 10 rings (SSSR count). The van der Waals surface area contributed by atoms with Crippen LogP contribution in [0.15, 0.2) is 174 Å². The molecule has 0 radical (unpaired) electrons. The molecule has 5 nitrogen and oxygen atoms in total. The normalized spacial score (nSPS) is 11.6. The molecule has 3 heterocycles. The lowest BCUT2D eigenvalue weighted by molar-refractivity contribution is 0.670. The first-order chi connectivity index (χ1) is 24.8. The highest BCUT2D eigenvalue weighted by Gasteiger charge is 2.24. The molecule has 0 spiro atoms. The zero-order valence-electron chi connectivity index (χ0n) is 26.9. The standard InChI is InChI=1S/C45H28N4O/c1-5-15-29(16-6-1)33-25-26-36(45-47-43(30-17-7-2-8-18-30)46-44(48-45)31-19-9-3-10-20-31)42-39(33)40-38(50-42)28-27-35-34-23-13-14-24-37(34)49(41(35)40)32-21-11-4-12-22-32/h1-28H. The SMILES string of the molecule is c1ccc(-c2nc(-c3ccccc3)nc(-c3ccc(-c4ccccc4)c4c3oc3ccc5c6ccccc6n(-c6ccccc6)c5c34)n2)cc1. The first-order valence-electron chi connectivity index (χ1n) is 16.7. The van der Waals surface area contributed by atoms with Gasteiger partial charge in [0.05, 0.1) is 22.0 Å². The van der Waals surface area contributed by atoms with Crippen LogP contribution in [0.3, 0.4) is 0 Å². The molecule has 5 heteroatoms. The van der Waals surface area contributed by atoms with Gasteiger partial charge in [0.2, 0.25) is 0 Å². The Labute approximate surface area is 287 Å². The highest BCUT2D eigenvalue weighted by Crippen LogP contribution is 2.46. The van der Waals surface area contributed by atoms with E-state index < -0.39 is 0 Å². The summed E-state index contributed by atoms with van der Waals surface area (Å²) in [6, 6.07) is 58.4. The molecule has 234 valence electrons. The monoisotopic (exact) mass is 640 g/mol. The van der Waals surface area contributed by atoms with Crippen LogP contribution in [0.1, 0.15) is 0 Å². The molecule has 7 aromatic carbocycles. The lowest BCUT2D eigenvalue weighted by Gasteiger charge is -2.11. The van der Waals surface area contributed by atoms with E-state index in [4.69, 9.17) is 19.4 Å². The van der Waals surface area contributed by atoms with Gasteiger partial charge < -0.3 is 8.98 Å². The summed E-state index contributed by atoms with van der Waals surface area (Å²) < 4.78 is 9.34. The minimum atomic E-state index is 0.557. The second-order valence-electron chi connectivity index (χ2n) is 12.4. The number of benzene rings is 7. The van der Waals surface area contributed by atoms with E-state index >= 15 is 0 Å². The number of rotatable bonds is 5. The van der Waals surface area contributed by atoms with Crippen LogP contribution < -0.4 is 0 Å². The fraction of sp³-hybridized carbons (Fsp3) is 0. The molecule has 0 aliphatic heterocycles. The number of nitrogens with zero attached hydrogens (tertiary/aromatic N) is 4. The summed E-state index contributed by atoms with van der Waals surface area (Å²) in [5.74, 6) is 1.77.